The lowest BCUT2D eigenvalue weighted by molar-refractivity contribution is 0.571. The van der Waals surface area contributed by atoms with Gasteiger partial charge in [-0.25, -0.2) is 4.79 Å². The number of halogens is 1. The van der Waals surface area contributed by atoms with E-state index < -0.39 is 0 Å². The quantitative estimate of drug-likeness (QED) is 0.553. The summed E-state index contributed by atoms with van der Waals surface area (Å²) in [6.07, 6.45) is 0. The van der Waals surface area contributed by atoms with Crippen LogP contribution in [-0.4, -0.2) is 44.9 Å². The van der Waals surface area contributed by atoms with Crippen LogP contribution < -0.4 is 21.5 Å². The van der Waals surface area contributed by atoms with Crippen LogP contribution in [0.3, 0.4) is 0 Å². The van der Waals surface area contributed by atoms with Crippen molar-refractivity contribution in [2.45, 2.75) is 6.54 Å². The average molecular weight is 480 g/mol. The van der Waals surface area contributed by atoms with Crippen LogP contribution in [0.4, 0.5) is 5.95 Å². The maximum absolute atomic E-state index is 12.9. The standard InChI is InChI=1S/C18H21IN6O2/c1-22-15-14(16(26)23(2)18(22)27)25(11-12-5-3-4-6-13(12)19)17(21-15)24-9-7-20-8-10-24/h3-6,20H,7-11H2,1-2H3. The van der Waals surface area contributed by atoms with E-state index in [1.54, 1.807) is 7.05 Å². The van der Waals surface area contributed by atoms with E-state index in [0.717, 1.165) is 45.8 Å². The van der Waals surface area contributed by atoms with Gasteiger partial charge in [0.2, 0.25) is 5.95 Å². The molecular weight excluding hydrogens is 459 g/mol. The molecule has 1 saturated heterocycles. The van der Waals surface area contributed by atoms with Crippen LogP contribution in [0, 0.1) is 3.57 Å². The van der Waals surface area contributed by atoms with Crippen molar-refractivity contribution >= 4 is 39.7 Å². The molecule has 1 aliphatic rings. The Morgan fingerprint density at radius 2 is 1.81 bits per heavy atom. The first kappa shape index (κ1) is 18.2. The number of nitrogens with zero attached hydrogens (tertiary/aromatic N) is 5. The second kappa shape index (κ2) is 7.12. The van der Waals surface area contributed by atoms with Crippen molar-refractivity contribution in [1.82, 2.24) is 24.0 Å². The normalized spacial score (nSPS) is 14.9. The van der Waals surface area contributed by atoms with Crippen molar-refractivity contribution in [2.24, 2.45) is 14.1 Å². The van der Waals surface area contributed by atoms with Gasteiger partial charge in [-0.15, -0.1) is 0 Å². The van der Waals surface area contributed by atoms with Gasteiger partial charge in [0.1, 0.15) is 0 Å². The van der Waals surface area contributed by atoms with E-state index in [1.165, 1.54) is 11.6 Å². The van der Waals surface area contributed by atoms with E-state index in [9.17, 15) is 9.59 Å². The van der Waals surface area contributed by atoms with Crippen molar-refractivity contribution in [1.29, 1.82) is 0 Å². The van der Waals surface area contributed by atoms with E-state index in [0.29, 0.717) is 17.7 Å². The largest absolute Gasteiger partial charge is 0.340 e. The lowest BCUT2D eigenvalue weighted by Gasteiger charge is -2.28. The van der Waals surface area contributed by atoms with Crippen molar-refractivity contribution < 1.29 is 0 Å². The molecule has 2 aromatic heterocycles. The lowest BCUT2D eigenvalue weighted by Crippen LogP contribution is -2.44. The molecule has 1 aliphatic heterocycles. The minimum Gasteiger partial charge on any atom is -0.340 e. The number of benzene rings is 1. The fourth-order valence-corrected chi connectivity index (χ4v) is 4.05. The smallest absolute Gasteiger partial charge is 0.332 e. The number of piperazine rings is 1. The third-order valence-electron chi connectivity index (χ3n) is 5.01. The Kier molecular flexibility index (Phi) is 4.81. The van der Waals surface area contributed by atoms with Gasteiger partial charge in [0, 0.05) is 43.8 Å². The first-order valence-electron chi connectivity index (χ1n) is 8.84. The van der Waals surface area contributed by atoms with Crippen LogP contribution in [-0.2, 0) is 20.6 Å². The highest BCUT2D eigenvalue weighted by atomic mass is 127. The number of hydrogen-bond acceptors (Lipinski definition) is 5. The molecule has 1 N–H and O–H groups in total. The van der Waals surface area contributed by atoms with E-state index in [2.05, 4.69) is 38.9 Å². The summed E-state index contributed by atoms with van der Waals surface area (Å²) in [7, 11) is 3.17. The molecule has 4 rings (SSSR count). The Labute approximate surface area is 169 Å². The number of nitrogens with one attached hydrogen (secondary N) is 1. The summed E-state index contributed by atoms with van der Waals surface area (Å²) < 4.78 is 5.69. The molecule has 142 valence electrons. The molecule has 3 aromatic rings. The molecular formula is C18H21IN6O2. The highest BCUT2D eigenvalue weighted by Crippen LogP contribution is 2.23. The SMILES string of the molecule is Cn1c(=O)c2c(nc(N3CCNCC3)n2Cc2ccccc2I)n(C)c1=O. The number of aromatic nitrogens is 4. The summed E-state index contributed by atoms with van der Waals surface area (Å²) >= 11 is 2.31. The Bertz CT molecular complexity index is 1120. The second-order valence-electron chi connectivity index (χ2n) is 6.70. The Morgan fingerprint density at radius 1 is 1.11 bits per heavy atom. The van der Waals surface area contributed by atoms with Crippen LogP contribution in [0.5, 0.6) is 0 Å². The van der Waals surface area contributed by atoms with Crippen molar-refractivity contribution in [3.63, 3.8) is 0 Å². The second-order valence-corrected chi connectivity index (χ2v) is 7.87. The number of hydrogen-bond donors (Lipinski definition) is 1. The summed E-state index contributed by atoms with van der Waals surface area (Å²) in [6, 6.07) is 8.10. The first-order valence-corrected chi connectivity index (χ1v) is 9.92. The minimum atomic E-state index is -0.363. The van der Waals surface area contributed by atoms with Gasteiger partial charge in [-0.1, -0.05) is 18.2 Å². The minimum absolute atomic E-state index is 0.312. The third-order valence-corrected chi connectivity index (χ3v) is 6.07. The molecule has 0 unspecified atom stereocenters. The predicted octanol–water partition coefficient (Wildman–Crippen LogP) is 0.496. The fourth-order valence-electron chi connectivity index (χ4n) is 3.49. The van der Waals surface area contributed by atoms with E-state index in [1.807, 2.05) is 22.8 Å². The van der Waals surface area contributed by atoms with Crippen LogP contribution in [0.2, 0.25) is 0 Å². The van der Waals surface area contributed by atoms with Gasteiger partial charge in [-0.2, -0.15) is 4.98 Å². The van der Waals surface area contributed by atoms with Crippen LogP contribution in [0.1, 0.15) is 5.56 Å². The highest BCUT2D eigenvalue weighted by molar-refractivity contribution is 14.1. The van der Waals surface area contributed by atoms with Crippen molar-refractivity contribution in [3.05, 3.63) is 54.2 Å². The molecule has 0 saturated carbocycles. The molecule has 27 heavy (non-hydrogen) atoms. The number of fused-ring (bicyclic) bond motifs is 1. The van der Waals surface area contributed by atoms with Gasteiger partial charge in [-0.05, 0) is 34.2 Å². The summed E-state index contributed by atoms with van der Waals surface area (Å²) in [4.78, 5) is 32.2. The zero-order valence-corrected chi connectivity index (χ0v) is 17.4. The van der Waals surface area contributed by atoms with E-state index >= 15 is 0 Å². The third kappa shape index (κ3) is 3.08. The molecule has 0 bridgehead atoms. The maximum atomic E-state index is 12.9. The van der Waals surface area contributed by atoms with Crippen LogP contribution >= 0.6 is 22.6 Å². The van der Waals surface area contributed by atoms with Crippen LogP contribution in [0.15, 0.2) is 33.9 Å². The molecule has 8 nitrogen and oxygen atoms in total. The number of anilines is 1. The van der Waals surface area contributed by atoms with Crippen molar-refractivity contribution in [2.75, 3.05) is 31.1 Å². The van der Waals surface area contributed by atoms with E-state index in [-0.39, 0.29) is 11.2 Å². The van der Waals surface area contributed by atoms with Gasteiger partial charge in [-0.3, -0.25) is 18.5 Å². The number of rotatable bonds is 3. The molecule has 0 atom stereocenters. The van der Waals surface area contributed by atoms with Gasteiger partial charge in [0.25, 0.3) is 5.56 Å². The summed E-state index contributed by atoms with van der Waals surface area (Å²) in [6.45, 7) is 3.88. The summed E-state index contributed by atoms with van der Waals surface area (Å²) in [5, 5.41) is 3.34. The molecule has 0 spiro atoms. The maximum Gasteiger partial charge on any atom is 0.332 e. The Morgan fingerprint density at radius 3 is 2.52 bits per heavy atom. The van der Waals surface area contributed by atoms with Crippen LogP contribution in [0.25, 0.3) is 11.2 Å². The number of imidazole rings is 1. The molecule has 0 radical (unpaired) electrons. The topological polar surface area (TPSA) is 77.1 Å². The monoisotopic (exact) mass is 480 g/mol. The zero-order valence-electron chi connectivity index (χ0n) is 15.3. The average Bonchev–Trinajstić information content (AvgIpc) is 3.06. The molecule has 1 aromatic carbocycles. The van der Waals surface area contributed by atoms with Gasteiger partial charge in [0.15, 0.2) is 11.2 Å². The van der Waals surface area contributed by atoms with Gasteiger partial charge >= 0.3 is 5.69 Å². The van der Waals surface area contributed by atoms with E-state index in [4.69, 9.17) is 4.98 Å². The molecule has 1 fully saturated rings. The first-order chi connectivity index (χ1) is 13.0. The molecule has 0 amide bonds. The molecule has 0 aliphatic carbocycles. The number of aryl methyl sites for hydroxylation is 1. The molecule has 9 heteroatoms. The summed E-state index contributed by atoms with van der Waals surface area (Å²) in [5.41, 5.74) is 1.34. The summed E-state index contributed by atoms with van der Waals surface area (Å²) in [5.74, 6) is 0.740. The zero-order chi connectivity index (χ0) is 19.1. The Hall–Kier alpha value is -2.14. The predicted molar refractivity (Wildman–Crippen MR) is 114 cm³/mol. The Balaban J connectivity index is 1.99. The van der Waals surface area contributed by atoms with Gasteiger partial charge < -0.3 is 10.2 Å². The molecule has 3 heterocycles. The fraction of sp³-hybridized carbons (Fsp3) is 0.389. The van der Waals surface area contributed by atoms with Gasteiger partial charge in [0.05, 0.1) is 6.54 Å². The highest BCUT2D eigenvalue weighted by Gasteiger charge is 2.24. The van der Waals surface area contributed by atoms with Crippen molar-refractivity contribution in [3.8, 4) is 0 Å². The lowest BCUT2D eigenvalue weighted by atomic mass is 10.2.